The summed E-state index contributed by atoms with van der Waals surface area (Å²) in [5, 5.41) is 0. The molecule has 0 aromatic carbocycles. The van der Waals surface area contributed by atoms with Gasteiger partial charge in [-0.15, -0.1) is 0 Å². The fraction of sp³-hybridized carbons (Fsp3) is 0.125. The van der Waals surface area contributed by atoms with Crippen LogP contribution in [0.2, 0.25) is 0 Å². The second-order valence-corrected chi connectivity index (χ2v) is 4.56. The molecule has 2 nitrogen and oxygen atoms in total. The SMILES string of the molecule is C1=CC[C]([Ru][c]2ncc[nH]2)=C1. The second-order valence-electron chi connectivity index (χ2n) is 2.19. The van der Waals surface area contributed by atoms with Crippen LogP contribution in [0.25, 0.3) is 0 Å². The summed E-state index contributed by atoms with van der Waals surface area (Å²) in [6.45, 7) is 0. The molecule has 1 heterocycles. The Bertz CT molecular complexity index is 285. The number of aromatic amines is 1. The third-order valence-electron chi connectivity index (χ3n) is 1.37. The molecule has 0 amide bonds. The van der Waals surface area contributed by atoms with Gasteiger partial charge in [-0.2, -0.15) is 0 Å². The van der Waals surface area contributed by atoms with Crippen LogP contribution in [0.15, 0.2) is 34.8 Å². The molecule has 1 N–H and O–H groups in total. The van der Waals surface area contributed by atoms with E-state index in [0.29, 0.717) is 0 Å². The molecule has 0 aliphatic heterocycles. The Kier molecular flexibility index (Phi) is 2.00. The van der Waals surface area contributed by atoms with E-state index in [1.165, 1.54) is 4.17 Å². The van der Waals surface area contributed by atoms with Crippen molar-refractivity contribution >= 4 is 4.42 Å². The summed E-state index contributed by atoms with van der Waals surface area (Å²) < 4.78 is 2.67. The second kappa shape index (κ2) is 3.14. The summed E-state index contributed by atoms with van der Waals surface area (Å²) in [5.41, 5.74) is 0. The summed E-state index contributed by atoms with van der Waals surface area (Å²) in [6, 6.07) is 0. The van der Waals surface area contributed by atoms with E-state index in [1.54, 1.807) is 0 Å². The number of hydrogen-bond donors (Lipinski definition) is 1. The molecule has 0 unspecified atom stereocenters. The average molecular weight is 233 g/mol. The van der Waals surface area contributed by atoms with Crippen LogP contribution in [0.5, 0.6) is 0 Å². The molecular weight excluding hydrogens is 225 g/mol. The van der Waals surface area contributed by atoms with Gasteiger partial charge in [0.25, 0.3) is 0 Å². The first kappa shape index (κ1) is 6.99. The molecule has 1 aliphatic carbocycles. The number of allylic oxidation sites excluding steroid dienone is 4. The molecule has 3 heteroatoms. The molecular formula is C8H8N2Ru. The molecule has 58 valence electrons. The van der Waals surface area contributed by atoms with Gasteiger partial charge in [0, 0.05) is 0 Å². The van der Waals surface area contributed by atoms with E-state index >= 15 is 0 Å². The summed E-state index contributed by atoms with van der Waals surface area (Å²) in [4.78, 5) is 7.32. The summed E-state index contributed by atoms with van der Waals surface area (Å²) in [7, 11) is 0. The monoisotopic (exact) mass is 234 g/mol. The van der Waals surface area contributed by atoms with Crippen LogP contribution in [-0.2, 0) is 17.1 Å². The molecule has 0 saturated carbocycles. The first-order chi connectivity index (χ1) is 5.45. The van der Waals surface area contributed by atoms with Crippen molar-refractivity contribution in [3.63, 3.8) is 0 Å². The number of nitrogens with one attached hydrogen (secondary N) is 1. The fourth-order valence-corrected chi connectivity index (χ4v) is 2.61. The first-order valence-corrected chi connectivity index (χ1v) is 5.16. The molecule has 0 atom stereocenters. The molecule has 1 aromatic rings. The summed E-state index contributed by atoms with van der Waals surface area (Å²) in [6.07, 6.45) is 11.3. The van der Waals surface area contributed by atoms with Crippen LogP contribution in [0.4, 0.5) is 0 Å². The van der Waals surface area contributed by atoms with Gasteiger partial charge >= 0.3 is 72.7 Å². The van der Waals surface area contributed by atoms with E-state index in [9.17, 15) is 0 Å². The number of nitrogens with zero attached hydrogens (tertiary/aromatic N) is 1. The van der Waals surface area contributed by atoms with Crippen molar-refractivity contribution in [3.05, 3.63) is 34.8 Å². The van der Waals surface area contributed by atoms with Crippen LogP contribution in [0.3, 0.4) is 0 Å². The summed E-state index contributed by atoms with van der Waals surface area (Å²) >= 11 is 0.168. The number of hydrogen-bond acceptors (Lipinski definition) is 1. The predicted octanol–water partition coefficient (Wildman–Crippen LogP) is 0.961. The van der Waals surface area contributed by atoms with Gasteiger partial charge in [-0.25, -0.2) is 0 Å². The van der Waals surface area contributed by atoms with E-state index in [0.717, 1.165) is 10.8 Å². The number of imidazole rings is 1. The van der Waals surface area contributed by atoms with Crippen molar-refractivity contribution < 1.29 is 17.1 Å². The maximum atomic E-state index is 4.20. The first-order valence-electron chi connectivity index (χ1n) is 3.42. The Hall–Kier alpha value is -0.687. The normalized spacial score (nSPS) is 15.8. The molecule has 1 aromatic heterocycles. The molecule has 0 fully saturated rings. The Balaban J connectivity index is 2.02. The Morgan fingerprint density at radius 2 is 2.55 bits per heavy atom. The van der Waals surface area contributed by atoms with Gasteiger partial charge in [-0.1, -0.05) is 0 Å². The topological polar surface area (TPSA) is 28.7 Å². The van der Waals surface area contributed by atoms with Crippen molar-refractivity contribution in [1.82, 2.24) is 9.97 Å². The quantitative estimate of drug-likeness (QED) is 0.757. The van der Waals surface area contributed by atoms with Crippen LogP contribution in [0, 0.1) is 0 Å². The molecule has 0 spiro atoms. The number of rotatable bonds is 2. The van der Waals surface area contributed by atoms with Crippen molar-refractivity contribution in [2.75, 3.05) is 0 Å². The van der Waals surface area contributed by atoms with Crippen LogP contribution in [-0.4, -0.2) is 9.97 Å². The van der Waals surface area contributed by atoms with E-state index in [4.69, 9.17) is 0 Å². The van der Waals surface area contributed by atoms with Crippen molar-refractivity contribution in [2.45, 2.75) is 6.42 Å². The van der Waals surface area contributed by atoms with E-state index in [-0.39, 0.29) is 17.1 Å². The number of H-pyrrole nitrogens is 1. The van der Waals surface area contributed by atoms with Crippen molar-refractivity contribution in [2.24, 2.45) is 0 Å². The van der Waals surface area contributed by atoms with Gasteiger partial charge in [0.15, 0.2) is 0 Å². The van der Waals surface area contributed by atoms with Gasteiger partial charge in [-0.3, -0.25) is 0 Å². The van der Waals surface area contributed by atoms with Crippen molar-refractivity contribution in [1.29, 1.82) is 0 Å². The number of aromatic nitrogens is 2. The van der Waals surface area contributed by atoms with E-state index in [1.807, 2.05) is 12.4 Å². The fourth-order valence-electron chi connectivity index (χ4n) is 0.879. The molecule has 11 heavy (non-hydrogen) atoms. The van der Waals surface area contributed by atoms with Gasteiger partial charge in [-0.05, 0) is 0 Å². The predicted molar refractivity (Wildman–Crippen MR) is 40.1 cm³/mol. The minimum absolute atomic E-state index is 0.168. The minimum atomic E-state index is 0.168. The molecule has 0 saturated heterocycles. The van der Waals surface area contributed by atoms with Crippen LogP contribution < -0.4 is 4.42 Å². The Morgan fingerprint density at radius 1 is 1.55 bits per heavy atom. The zero-order valence-corrected chi connectivity index (χ0v) is 7.63. The van der Waals surface area contributed by atoms with Gasteiger partial charge < -0.3 is 0 Å². The zero-order chi connectivity index (χ0) is 7.52. The Labute approximate surface area is 73.0 Å². The average Bonchev–Trinajstić information content (AvgIpc) is 2.60. The van der Waals surface area contributed by atoms with Gasteiger partial charge in [0.05, 0.1) is 0 Å². The summed E-state index contributed by atoms with van der Waals surface area (Å²) in [5.74, 6) is 0. The molecule has 2 rings (SSSR count). The zero-order valence-electron chi connectivity index (χ0n) is 5.89. The Morgan fingerprint density at radius 3 is 3.18 bits per heavy atom. The third-order valence-corrected chi connectivity index (χ3v) is 3.46. The van der Waals surface area contributed by atoms with Crippen LogP contribution >= 0.6 is 0 Å². The van der Waals surface area contributed by atoms with Gasteiger partial charge in [0.2, 0.25) is 0 Å². The van der Waals surface area contributed by atoms with Gasteiger partial charge in [0.1, 0.15) is 0 Å². The van der Waals surface area contributed by atoms with Crippen molar-refractivity contribution in [3.8, 4) is 0 Å². The standard InChI is InChI=1S/C5H5.C3H3N2.Ru/c1-2-4-5-3-1;1-2-5-3-4-1;/h1-3H,4H2;1-2H,(H,4,5);. The maximum absolute atomic E-state index is 4.20. The molecule has 0 bridgehead atoms. The third kappa shape index (κ3) is 1.66. The van der Waals surface area contributed by atoms with E-state index in [2.05, 4.69) is 28.2 Å². The van der Waals surface area contributed by atoms with E-state index < -0.39 is 0 Å². The molecule has 0 radical (unpaired) electrons. The molecule has 1 aliphatic rings. The van der Waals surface area contributed by atoms with Crippen LogP contribution in [0.1, 0.15) is 6.42 Å².